The maximum absolute atomic E-state index is 12.4. The number of aliphatic hydroxyl groups is 2. The second-order valence-electron chi connectivity index (χ2n) is 21.0. The number of allylic oxidation sites excluding steroid dienone is 9. The van der Waals surface area contributed by atoms with Crippen LogP contribution in [-0.4, -0.2) is 47.4 Å². The molecule has 0 aliphatic rings. The molecule has 0 aromatic carbocycles. The lowest BCUT2D eigenvalue weighted by Crippen LogP contribution is -2.45. The summed E-state index contributed by atoms with van der Waals surface area (Å²) >= 11 is 0. The zero-order valence-corrected chi connectivity index (χ0v) is 47.2. The lowest BCUT2D eigenvalue weighted by atomic mass is 10.0. The molecule has 0 aliphatic carbocycles. The number of rotatable bonds is 57. The first-order valence-electron chi connectivity index (χ1n) is 31.1. The fourth-order valence-corrected chi connectivity index (χ4v) is 9.21. The van der Waals surface area contributed by atoms with Gasteiger partial charge in [-0.1, -0.05) is 274 Å². The molecule has 0 spiro atoms. The van der Waals surface area contributed by atoms with Crippen molar-refractivity contribution >= 4 is 11.9 Å². The highest BCUT2D eigenvalue weighted by Gasteiger charge is 2.18. The first-order chi connectivity index (χ1) is 35.0. The predicted molar refractivity (Wildman–Crippen MR) is 310 cm³/mol. The Balaban J connectivity index is 3.42. The summed E-state index contributed by atoms with van der Waals surface area (Å²) in [6, 6.07) is -0.628. The Hall–Kier alpha value is -2.44. The second-order valence-corrected chi connectivity index (χ2v) is 21.0. The van der Waals surface area contributed by atoms with E-state index in [4.69, 9.17) is 4.74 Å². The molecule has 0 aromatic rings. The summed E-state index contributed by atoms with van der Waals surface area (Å²) in [5.74, 6) is -0.0744. The molecule has 0 radical (unpaired) electrons. The number of hydrogen-bond donors (Lipinski definition) is 3. The Morgan fingerprint density at radius 3 is 1.11 bits per heavy atom. The summed E-state index contributed by atoms with van der Waals surface area (Å²) in [5, 5.41) is 23.0. The highest BCUT2D eigenvalue weighted by molar-refractivity contribution is 5.76. The zero-order valence-electron chi connectivity index (χ0n) is 47.2. The van der Waals surface area contributed by atoms with Gasteiger partial charge in [-0.3, -0.25) is 9.59 Å². The van der Waals surface area contributed by atoms with Gasteiger partial charge in [-0.2, -0.15) is 0 Å². The Bertz CT molecular complexity index is 1240. The second kappa shape index (κ2) is 60.1. The summed E-state index contributed by atoms with van der Waals surface area (Å²) in [6.45, 7) is 4.84. The first-order valence-corrected chi connectivity index (χ1v) is 31.1. The van der Waals surface area contributed by atoms with Crippen LogP contribution in [0.15, 0.2) is 60.8 Å². The Labute approximate surface area is 441 Å². The quantitative estimate of drug-likeness (QED) is 0.0321. The number of amides is 1. The van der Waals surface area contributed by atoms with E-state index in [1.807, 2.05) is 6.08 Å². The molecule has 3 N–H and O–H groups in total. The van der Waals surface area contributed by atoms with E-state index >= 15 is 0 Å². The third-order valence-corrected chi connectivity index (χ3v) is 14.0. The van der Waals surface area contributed by atoms with Gasteiger partial charge in [0.25, 0.3) is 0 Å². The number of unbranched alkanes of at least 4 members (excludes halogenated alkanes) is 38. The van der Waals surface area contributed by atoms with Gasteiger partial charge in [0, 0.05) is 12.8 Å². The summed E-state index contributed by atoms with van der Waals surface area (Å²) in [5.41, 5.74) is 0. The molecule has 0 heterocycles. The van der Waals surface area contributed by atoms with E-state index < -0.39 is 12.1 Å². The predicted octanol–water partition coefficient (Wildman–Crippen LogP) is 19.5. The molecule has 0 fully saturated rings. The van der Waals surface area contributed by atoms with Crippen molar-refractivity contribution in [1.82, 2.24) is 5.32 Å². The minimum atomic E-state index is -0.844. The SMILES string of the molecule is CCCC/C=C\C/C=C\CCCCCCCC(=O)OCCCCCCCCCCC/C=C\C/C=C\CCCCCCCCCCCCCCCC(=O)NC(CO)C(O)/C=C/CCCCCCCCCCC. The minimum Gasteiger partial charge on any atom is -0.466 e. The van der Waals surface area contributed by atoms with Gasteiger partial charge in [0.2, 0.25) is 5.91 Å². The van der Waals surface area contributed by atoms with Gasteiger partial charge in [-0.25, -0.2) is 0 Å². The first kappa shape index (κ1) is 68.6. The molecule has 0 saturated carbocycles. The molecular weight excluding hydrogens is 875 g/mol. The van der Waals surface area contributed by atoms with Crippen LogP contribution in [0.25, 0.3) is 0 Å². The van der Waals surface area contributed by atoms with E-state index in [0.29, 0.717) is 19.4 Å². The maximum Gasteiger partial charge on any atom is 0.305 e. The van der Waals surface area contributed by atoms with Crippen molar-refractivity contribution in [2.45, 2.75) is 328 Å². The van der Waals surface area contributed by atoms with Crippen LogP contribution in [0.2, 0.25) is 0 Å². The summed E-state index contributed by atoms with van der Waals surface area (Å²) in [6.07, 6.45) is 78.4. The Morgan fingerprint density at radius 1 is 0.394 bits per heavy atom. The lowest BCUT2D eigenvalue weighted by molar-refractivity contribution is -0.143. The number of esters is 1. The lowest BCUT2D eigenvalue weighted by Gasteiger charge is -2.20. The zero-order chi connectivity index (χ0) is 51.4. The van der Waals surface area contributed by atoms with Crippen molar-refractivity contribution in [2.24, 2.45) is 0 Å². The maximum atomic E-state index is 12.4. The van der Waals surface area contributed by atoms with E-state index in [9.17, 15) is 19.8 Å². The van der Waals surface area contributed by atoms with Gasteiger partial charge >= 0.3 is 5.97 Å². The van der Waals surface area contributed by atoms with Crippen molar-refractivity contribution in [3.05, 3.63) is 60.8 Å². The third kappa shape index (κ3) is 56.7. The Kier molecular flexibility index (Phi) is 58.1. The molecular formula is C65H119NO5. The molecule has 6 nitrogen and oxygen atoms in total. The summed E-state index contributed by atoms with van der Waals surface area (Å²) in [4.78, 5) is 24.5. The monoisotopic (exact) mass is 994 g/mol. The average Bonchev–Trinajstić information content (AvgIpc) is 3.37. The van der Waals surface area contributed by atoms with Crippen molar-refractivity contribution < 1.29 is 24.5 Å². The molecule has 1 amide bonds. The fraction of sp³-hybridized carbons (Fsp3) is 0.815. The van der Waals surface area contributed by atoms with Gasteiger partial charge < -0.3 is 20.3 Å². The Morgan fingerprint density at radius 2 is 0.718 bits per heavy atom. The fourth-order valence-electron chi connectivity index (χ4n) is 9.21. The molecule has 414 valence electrons. The van der Waals surface area contributed by atoms with Crippen molar-refractivity contribution in [3.8, 4) is 0 Å². The van der Waals surface area contributed by atoms with E-state index in [1.165, 1.54) is 231 Å². The van der Waals surface area contributed by atoms with Gasteiger partial charge in [-0.05, 0) is 89.9 Å². The van der Waals surface area contributed by atoms with Crippen LogP contribution in [0.1, 0.15) is 316 Å². The topological polar surface area (TPSA) is 95.9 Å². The summed E-state index contributed by atoms with van der Waals surface area (Å²) < 4.78 is 5.47. The third-order valence-electron chi connectivity index (χ3n) is 14.0. The number of ether oxygens (including phenoxy) is 1. The van der Waals surface area contributed by atoms with Crippen LogP contribution in [0.5, 0.6) is 0 Å². The molecule has 0 aromatic heterocycles. The van der Waals surface area contributed by atoms with Crippen LogP contribution in [0.4, 0.5) is 0 Å². The number of nitrogens with one attached hydrogen (secondary N) is 1. The molecule has 2 atom stereocenters. The largest absolute Gasteiger partial charge is 0.466 e. The van der Waals surface area contributed by atoms with Gasteiger partial charge in [-0.15, -0.1) is 0 Å². The molecule has 0 saturated heterocycles. The van der Waals surface area contributed by atoms with E-state index in [-0.39, 0.29) is 18.5 Å². The van der Waals surface area contributed by atoms with Crippen molar-refractivity contribution in [2.75, 3.05) is 13.2 Å². The standard InChI is InChI=1S/C65H119NO5/c1-3-5-7-9-11-13-15-16-35-39-43-47-51-55-59-65(70)71-60-56-52-48-44-40-36-33-31-29-27-25-23-21-19-17-18-20-22-24-26-28-30-32-34-38-42-46-50-54-58-64(69)66-62(61-67)63(68)57-53-49-45-41-37-14-12-10-8-6-4-2/h9,11,15-17,19,23,25,53,57,62-63,67-68H,3-8,10,12-14,18,20-22,24,26-52,54-56,58-61H2,1-2H3,(H,66,69)/b11-9-,16-15-,19-17-,25-23-,57-53+. The van der Waals surface area contributed by atoms with Crippen LogP contribution in [0.3, 0.4) is 0 Å². The van der Waals surface area contributed by atoms with E-state index in [2.05, 4.69) is 67.8 Å². The van der Waals surface area contributed by atoms with Crippen LogP contribution >= 0.6 is 0 Å². The highest BCUT2D eigenvalue weighted by atomic mass is 16.5. The smallest absolute Gasteiger partial charge is 0.305 e. The number of carbonyl (C=O) groups is 2. The molecule has 2 unspecified atom stereocenters. The van der Waals surface area contributed by atoms with Gasteiger partial charge in [0.15, 0.2) is 0 Å². The molecule has 0 aliphatic heterocycles. The van der Waals surface area contributed by atoms with Crippen LogP contribution in [-0.2, 0) is 14.3 Å². The minimum absolute atomic E-state index is 0.00371. The molecule has 6 heteroatoms. The van der Waals surface area contributed by atoms with E-state index in [0.717, 1.165) is 57.8 Å². The summed E-state index contributed by atoms with van der Waals surface area (Å²) in [7, 11) is 0. The molecule has 0 bridgehead atoms. The van der Waals surface area contributed by atoms with Crippen LogP contribution in [0, 0.1) is 0 Å². The van der Waals surface area contributed by atoms with Gasteiger partial charge in [0.05, 0.1) is 25.4 Å². The van der Waals surface area contributed by atoms with E-state index in [1.54, 1.807) is 6.08 Å². The normalized spacial score (nSPS) is 13.0. The molecule has 71 heavy (non-hydrogen) atoms. The van der Waals surface area contributed by atoms with Gasteiger partial charge in [0.1, 0.15) is 0 Å². The van der Waals surface area contributed by atoms with Crippen LogP contribution < -0.4 is 5.32 Å². The van der Waals surface area contributed by atoms with Crippen molar-refractivity contribution in [1.29, 1.82) is 0 Å². The molecule has 0 rings (SSSR count). The number of aliphatic hydroxyl groups excluding tert-OH is 2. The van der Waals surface area contributed by atoms with Crippen molar-refractivity contribution in [3.63, 3.8) is 0 Å². The highest BCUT2D eigenvalue weighted by Crippen LogP contribution is 2.16. The number of hydrogen-bond acceptors (Lipinski definition) is 5. The average molecular weight is 995 g/mol. The number of carbonyl (C=O) groups excluding carboxylic acids is 2.